The second kappa shape index (κ2) is 6.01. The van der Waals surface area contributed by atoms with Gasteiger partial charge in [-0.25, -0.2) is 4.79 Å². The van der Waals surface area contributed by atoms with Crippen LogP contribution in [-0.4, -0.2) is 18.6 Å². The molecule has 0 spiro atoms. The second-order valence-corrected chi connectivity index (χ2v) is 4.97. The standard InChI is InChI=1S/C15H21NO2/c1-2-18-15(17)13-7-3-5-11(9-13)12-6-4-8-14(16)10-12/h3,5,7,9,12,14H,2,4,6,8,10,16H2,1H3/t12-,14+/m1/s1. The fourth-order valence-electron chi connectivity index (χ4n) is 2.66. The van der Waals surface area contributed by atoms with Gasteiger partial charge in [-0.3, -0.25) is 0 Å². The van der Waals surface area contributed by atoms with Gasteiger partial charge < -0.3 is 10.5 Å². The topological polar surface area (TPSA) is 52.3 Å². The van der Waals surface area contributed by atoms with Crippen molar-refractivity contribution in [1.29, 1.82) is 0 Å². The highest BCUT2D eigenvalue weighted by atomic mass is 16.5. The van der Waals surface area contributed by atoms with Gasteiger partial charge in [0, 0.05) is 6.04 Å². The molecule has 3 nitrogen and oxygen atoms in total. The largest absolute Gasteiger partial charge is 0.462 e. The van der Waals surface area contributed by atoms with E-state index in [-0.39, 0.29) is 5.97 Å². The minimum absolute atomic E-state index is 0.237. The quantitative estimate of drug-likeness (QED) is 0.836. The van der Waals surface area contributed by atoms with Crippen LogP contribution in [0, 0.1) is 0 Å². The SMILES string of the molecule is CCOC(=O)c1cccc([C@@H]2CCC[C@H](N)C2)c1. The van der Waals surface area contributed by atoms with Gasteiger partial charge in [0.15, 0.2) is 0 Å². The molecule has 0 unspecified atom stereocenters. The third-order valence-corrected chi connectivity index (χ3v) is 3.58. The number of nitrogens with two attached hydrogens (primary N) is 1. The monoisotopic (exact) mass is 247 g/mol. The predicted octanol–water partition coefficient (Wildman–Crippen LogP) is 2.85. The highest BCUT2D eigenvalue weighted by Gasteiger charge is 2.21. The average Bonchev–Trinajstić information content (AvgIpc) is 2.39. The molecule has 1 aromatic carbocycles. The highest BCUT2D eigenvalue weighted by Crippen LogP contribution is 2.32. The summed E-state index contributed by atoms with van der Waals surface area (Å²) in [6.45, 7) is 2.24. The lowest BCUT2D eigenvalue weighted by Gasteiger charge is -2.27. The van der Waals surface area contributed by atoms with E-state index in [1.54, 1.807) is 0 Å². The molecule has 0 aromatic heterocycles. The van der Waals surface area contributed by atoms with Crippen molar-refractivity contribution in [2.24, 2.45) is 5.73 Å². The van der Waals surface area contributed by atoms with Gasteiger partial charge in [-0.15, -0.1) is 0 Å². The summed E-state index contributed by atoms with van der Waals surface area (Å²) < 4.78 is 5.03. The van der Waals surface area contributed by atoms with Gasteiger partial charge in [0.1, 0.15) is 0 Å². The van der Waals surface area contributed by atoms with Crippen LogP contribution in [0.2, 0.25) is 0 Å². The van der Waals surface area contributed by atoms with Gasteiger partial charge in [-0.2, -0.15) is 0 Å². The summed E-state index contributed by atoms with van der Waals surface area (Å²) in [7, 11) is 0. The van der Waals surface area contributed by atoms with Crippen LogP contribution in [0.5, 0.6) is 0 Å². The fraction of sp³-hybridized carbons (Fsp3) is 0.533. The smallest absolute Gasteiger partial charge is 0.338 e. The minimum atomic E-state index is -0.237. The number of carbonyl (C=O) groups excluding carboxylic acids is 1. The molecule has 0 bridgehead atoms. The summed E-state index contributed by atoms with van der Waals surface area (Å²) in [6.07, 6.45) is 4.48. The third-order valence-electron chi connectivity index (χ3n) is 3.58. The molecular formula is C15H21NO2. The van der Waals surface area contributed by atoms with E-state index in [2.05, 4.69) is 6.07 Å². The Morgan fingerprint density at radius 1 is 1.44 bits per heavy atom. The van der Waals surface area contributed by atoms with Crippen molar-refractivity contribution in [3.05, 3.63) is 35.4 Å². The molecule has 1 aliphatic rings. The molecule has 1 aliphatic carbocycles. The van der Waals surface area contributed by atoms with Crippen molar-refractivity contribution < 1.29 is 9.53 Å². The normalized spacial score (nSPS) is 23.7. The van der Waals surface area contributed by atoms with Crippen LogP contribution >= 0.6 is 0 Å². The van der Waals surface area contributed by atoms with E-state index in [0.29, 0.717) is 24.1 Å². The van der Waals surface area contributed by atoms with Gasteiger partial charge in [-0.05, 0) is 49.8 Å². The van der Waals surface area contributed by atoms with Crippen LogP contribution in [0.4, 0.5) is 0 Å². The lowest BCUT2D eigenvalue weighted by molar-refractivity contribution is 0.0526. The lowest BCUT2D eigenvalue weighted by atomic mass is 9.81. The first-order chi connectivity index (χ1) is 8.70. The Balaban J connectivity index is 2.13. The van der Waals surface area contributed by atoms with Gasteiger partial charge in [0.25, 0.3) is 0 Å². The Hall–Kier alpha value is -1.35. The van der Waals surface area contributed by atoms with Crippen LogP contribution in [0.25, 0.3) is 0 Å². The maximum Gasteiger partial charge on any atom is 0.338 e. The molecule has 3 heteroatoms. The van der Waals surface area contributed by atoms with Crippen molar-refractivity contribution in [2.45, 2.75) is 44.6 Å². The summed E-state index contributed by atoms with van der Waals surface area (Å²) >= 11 is 0. The Kier molecular flexibility index (Phi) is 4.37. The summed E-state index contributed by atoms with van der Waals surface area (Å²) in [5, 5.41) is 0. The molecule has 1 aromatic rings. The molecule has 1 fully saturated rings. The fourth-order valence-corrected chi connectivity index (χ4v) is 2.66. The molecule has 0 heterocycles. The second-order valence-electron chi connectivity index (χ2n) is 4.97. The van der Waals surface area contributed by atoms with Crippen molar-refractivity contribution in [2.75, 3.05) is 6.61 Å². The van der Waals surface area contributed by atoms with Crippen molar-refractivity contribution in [3.8, 4) is 0 Å². The number of ether oxygens (including phenoxy) is 1. The predicted molar refractivity (Wildman–Crippen MR) is 71.6 cm³/mol. The highest BCUT2D eigenvalue weighted by molar-refractivity contribution is 5.89. The molecule has 18 heavy (non-hydrogen) atoms. The van der Waals surface area contributed by atoms with Crippen LogP contribution < -0.4 is 5.73 Å². The number of hydrogen-bond acceptors (Lipinski definition) is 3. The Bertz CT molecular complexity index is 417. The van der Waals surface area contributed by atoms with E-state index in [1.165, 1.54) is 18.4 Å². The number of benzene rings is 1. The Labute approximate surface area is 108 Å². The third kappa shape index (κ3) is 3.10. The van der Waals surface area contributed by atoms with Gasteiger partial charge >= 0.3 is 5.97 Å². The maximum absolute atomic E-state index is 11.7. The van der Waals surface area contributed by atoms with E-state index >= 15 is 0 Å². The summed E-state index contributed by atoms with van der Waals surface area (Å²) in [4.78, 5) is 11.7. The van der Waals surface area contributed by atoms with E-state index in [4.69, 9.17) is 10.5 Å². The van der Waals surface area contributed by atoms with E-state index in [9.17, 15) is 4.79 Å². The zero-order chi connectivity index (χ0) is 13.0. The van der Waals surface area contributed by atoms with Gasteiger partial charge in [0.05, 0.1) is 12.2 Å². The Morgan fingerprint density at radius 2 is 2.28 bits per heavy atom. The lowest BCUT2D eigenvalue weighted by Crippen LogP contribution is -2.26. The molecule has 0 radical (unpaired) electrons. The number of hydrogen-bond donors (Lipinski definition) is 1. The van der Waals surface area contributed by atoms with Crippen LogP contribution in [-0.2, 0) is 4.74 Å². The van der Waals surface area contributed by atoms with Crippen molar-refractivity contribution >= 4 is 5.97 Å². The molecular weight excluding hydrogens is 226 g/mol. The molecule has 2 N–H and O–H groups in total. The molecule has 2 rings (SSSR count). The number of carbonyl (C=O) groups is 1. The first-order valence-electron chi connectivity index (χ1n) is 6.73. The summed E-state index contributed by atoms with van der Waals surface area (Å²) in [6, 6.07) is 8.09. The molecule has 1 saturated carbocycles. The summed E-state index contributed by atoms with van der Waals surface area (Å²) in [5.41, 5.74) is 7.88. The molecule has 98 valence electrons. The van der Waals surface area contributed by atoms with Crippen LogP contribution in [0.3, 0.4) is 0 Å². The molecule has 0 amide bonds. The first-order valence-corrected chi connectivity index (χ1v) is 6.73. The van der Waals surface area contributed by atoms with Crippen LogP contribution in [0.15, 0.2) is 24.3 Å². The van der Waals surface area contributed by atoms with Crippen molar-refractivity contribution in [3.63, 3.8) is 0 Å². The molecule has 2 atom stereocenters. The minimum Gasteiger partial charge on any atom is -0.462 e. The number of esters is 1. The molecule has 0 saturated heterocycles. The zero-order valence-corrected chi connectivity index (χ0v) is 10.9. The van der Waals surface area contributed by atoms with Crippen LogP contribution in [0.1, 0.15) is 54.4 Å². The maximum atomic E-state index is 11.7. The van der Waals surface area contributed by atoms with E-state index < -0.39 is 0 Å². The first kappa shape index (κ1) is 13.1. The van der Waals surface area contributed by atoms with Gasteiger partial charge in [-0.1, -0.05) is 18.6 Å². The average molecular weight is 247 g/mol. The zero-order valence-electron chi connectivity index (χ0n) is 10.9. The molecule has 0 aliphatic heterocycles. The van der Waals surface area contributed by atoms with Gasteiger partial charge in [0.2, 0.25) is 0 Å². The van der Waals surface area contributed by atoms with Crippen molar-refractivity contribution in [1.82, 2.24) is 0 Å². The Morgan fingerprint density at radius 3 is 3.00 bits per heavy atom. The number of rotatable bonds is 3. The van der Waals surface area contributed by atoms with E-state index in [0.717, 1.165) is 12.8 Å². The van der Waals surface area contributed by atoms with E-state index in [1.807, 2.05) is 25.1 Å². The summed E-state index contributed by atoms with van der Waals surface area (Å²) in [5.74, 6) is 0.252.